The first-order chi connectivity index (χ1) is 17.7. The molecule has 0 bridgehead atoms. The molecule has 37 heavy (non-hydrogen) atoms. The maximum Gasteiger partial charge on any atom is 0.413 e. The van der Waals surface area contributed by atoms with Gasteiger partial charge in [-0.15, -0.1) is 0 Å². The molecule has 3 heterocycles. The molecular formula is C24H19Cl2N5O5S. The topological polar surface area (TPSA) is 122 Å². The molecule has 2 amide bonds. The van der Waals surface area contributed by atoms with E-state index in [2.05, 4.69) is 15.5 Å². The fourth-order valence-corrected chi connectivity index (χ4v) is 4.86. The highest BCUT2D eigenvalue weighted by atomic mass is 35.5. The molecule has 0 saturated carbocycles. The van der Waals surface area contributed by atoms with Gasteiger partial charge in [0, 0.05) is 36.0 Å². The molecule has 2 aromatic carbocycles. The summed E-state index contributed by atoms with van der Waals surface area (Å²) in [6, 6.07) is 9.32. The van der Waals surface area contributed by atoms with Gasteiger partial charge in [-0.3, -0.25) is 14.2 Å². The Morgan fingerprint density at radius 3 is 2.73 bits per heavy atom. The molecule has 0 saturated heterocycles. The highest BCUT2D eigenvalue weighted by Gasteiger charge is 2.31. The van der Waals surface area contributed by atoms with Crippen molar-refractivity contribution in [3.63, 3.8) is 0 Å². The lowest BCUT2D eigenvalue weighted by atomic mass is 9.98. The zero-order valence-corrected chi connectivity index (χ0v) is 21.8. The van der Waals surface area contributed by atoms with E-state index in [1.54, 1.807) is 35.2 Å². The molecule has 0 fully saturated rings. The first-order valence-corrected chi connectivity index (χ1v) is 12.3. The Bertz CT molecular complexity index is 1700. The van der Waals surface area contributed by atoms with E-state index < -0.39 is 6.09 Å². The Morgan fingerprint density at radius 1 is 1.22 bits per heavy atom. The molecule has 0 radical (unpaired) electrons. The van der Waals surface area contributed by atoms with Crippen LogP contribution in [-0.2, 0) is 13.0 Å². The van der Waals surface area contributed by atoms with Crippen LogP contribution in [0.4, 0.5) is 4.79 Å². The third-order valence-corrected chi connectivity index (χ3v) is 7.17. The molecule has 10 nitrogen and oxygen atoms in total. The normalized spacial score (nSPS) is 14.9. The largest absolute Gasteiger partial charge is 0.413 e. The lowest BCUT2D eigenvalue weighted by Crippen LogP contribution is -2.45. The van der Waals surface area contributed by atoms with Crippen molar-refractivity contribution in [3.8, 4) is 11.6 Å². The van der Waals surface area contributed by atoms with E-state index in [0.717, 1.165) is 0 Å². The van der Waals surface area contributed by atoms with Crippen LogP contribution in [-0.4, -0.2) is 44.7 Å². The SMILES string of the molecule is CNC(=O)Oc1noc2cc(-n3c(=S)[nH]c4c(c3=O)C[C@@H](C)N(C(=O)c3ccc(Cl)c(Cl)c3)C4)ccc12. The van der Waals surface area contributed by atoms with Crippen LogP contribution in [0.3, 0.4) is 0 Å². The Kier molecular flexibility index (Phi) is 6.52. The van der Waals surface area contributed by atoms with E-state index in [1.807, 2.05) is 6.92 Å². The number of aromatic nitrogens is 3. The molecular weight excluding hydrogens is 541 g/mol. The summed E-state index contributed by atoms with van der Waals surface area (Å²) < 4.78 is 11.9. The summed E-state index contributed by atoms with van der Waals surface area (Å²) in [4.78, 5) is 43.1. The minimum atomic E-state index is -0.687. The number of rotatable bonds is 3. The Hall–Kier alpha value is -3.67. The van der Waals surface area contributed by atoms with E-state index >= 15 is 0 Å². The predicted molar refractivity (Wildman–Crippen MR) is 139 cm³/mol. The van der Waals surface area contributed by atoms with Crippen LogP contribution < -0.4 is 15.6 Å². The van der Waals surface area contributed by atoms with Crippen LogP contribution in [0.1, 0.15) is 28.5 Å². The van der Waals surface area contributed by atoms with Crippen molar-refractivity contribution in [1.82, 2.24) is 24.9 Å². The minimum absolute atomic E-state index is 0.00408. The van der Waals surface area contributed by atoms with Crippen molar-refractivity contribution in [2.24, 2.45) is 0 Å². The van der Waals surface area contributed by atoms with E-state index in [1.165, 1.54) is 17.7 Å². The second kappa shape index (κ2) is 9.66. The molecule has 13 heteroatoms. The monoisotopic (exact) mass is 559 g/mol. The van der Waals surface area contributed by atoms with Gasteiger partial charge in [0.2, 0.25) is 0 Å². The van der Waals surface area contributed by atoms with Crippen molar-refractivity contribution < 1.29 is 18.8 Å². The summed E-state index contributed by atoms with van der Waals surface area (Å²) in [5, 5.41) is 7.21. The highest BCUT2D eigenvalue weighted by Crippen LogP contribution is 2.29. The van der Waals surface area contributed by atoms with Crippen molar-refractivity contribution in [3.05, 3.63) is 78.4 Å². The third kappa shape index (κ3) is 4.50. The van der Waals surface area contributed by atoms with Gasteiger partial charge in [0.15, 0.2) is 10.4 Å². The Morgan fingerprint density at radius 2 is 2.00 bits per heavy atom. The number of H-pyrrole nitrogens is 1. The predicted octanol–water partition coefficient (Wildman–Crippen LogP) is 4.65. The first kappa shape index (κ1) is 25.0. The van der Waals surface area contributed by atoms with Crippen molar-refractivity contribution in [2.45, 2.75) is 25.9 Å². The number of halogens is 2. The van der Waals surface area contributed by atoms with Gasteiger partial charge in [-0.1, -0.05) is 23.2 Å². The van der Waals surface area contributed by atoms with Crippen LogP contribution in [0, 0.1) is 4.77 Å². The number of hydrogen-bond donors (Lipinski definition) is 2. The number of hydrogen-bond acceptors (Lipinski definition) is 7. The van der Waals surface area contributed by atoms with E-state index in [4.69, 9.17) is 44.7 Å². The number of benzene rings is 2. The minimum Gasteiger partial charge on any atom is -0.387 e. The molecule has 4 aromatic rings. The van der Waals surface area contributed by atoms with E-state index in [-0.39, 0.29) is 39.7 Å². The van der Waals surface area contributed by atoms with Crippen molar-refractivity contribution in [1.29, 1.82) is 0 Å². The van der Waals surface area contributed by atoms with Gasteiger partial charge in [-0.25, -0.2) is 4.79 Å². The molecule has 1 aliphatic rings. The van der Waals surface area contributed by atoms with Gasteiger partial charge in [-0.2, -0.15) is 0 Å². The molecule has 2 N–H and O–H groups in total. The Labute approximate surface area is 224 Å². The second-order valence-electron chi connectivity index (χ2n) is 8.45. The summed E-state index contributed by atoms with van der Waals surface area (Å²) in [6.07, 6.45) is -0.365. The van der Waals surface area contributed by atoms with Gasteiger partial charge >= 0.3 is 6.09 Å². The third-order valence-electron chi connectivity index (χ3n) is 6.15. The maximum absolute atomic E-state index is 13.6. The number of amides is 2. The molecule has 0 spiro atoms. The number of ether oxygens (including phenoxy) is 1. The molecule has 0 aliphatic carbocycles. The zero-order valence-electron chi connectivity index (χ0n) is 19.5. The Balaban J connectivity index is 1.49. The van der Waals surface area contributed by atoms with Crippen molar-refractivity contribution >= 4 is 58.4 Å². The summed E-state index contributed by atoms with van der Waals surface area (Å²) in [6.45, 7) is 2.05. The van der Waals surface area contributed by atoms with Gasteiger partial charge in [-0.05, 0) is 61.1 Å². The van der Waals surface area contributed by atoms with Crippen LogP contribution >= 0.6 is 35.4 Å². The fourth-order valence-electron chi connectivity index (χ4n) is 4.25. The number of nitrogens with zero attached hydrogens (tertiary/aromatic N) is 3. The maximum atomic E-state index is 13.6. The summed E-state index contributed by atoms with van der Waals surface area (Å²) in [7, 11) is 1.43. The smallest absolute Gasteiger partial charge is 0.387 e. The number of carbonyl (C=O) groups excluding carboxylic acids is 2. The lowest BCUT2D eigenvalue weighted by molar-refractivity contribution is 0.0653. The first-order valence-electron chi connectivity index (χ1n) is 11.1. The molecule has 5 rings (SSSR count). The number of aromatic amines is 1. The zero-order chi connectivity index (χ0) is 26.4. The van der Waals surface area contributed by atoms with Gasteiger partial charge in [0.25, 0.3) is 17.3 Å². The van der Waals surface area contributed by atoms with Crippen LogP contribution in [0.5, 0.6) is 5.88 Å². The lowest BCUT2D eigenvalue weighted by Gasteiger charge is -2.34. The average Bonchev–Trinajstić information content (AvgIpc) is 3.27. The van der Waals surface area contributed by atoms with Crippen LogP contribution in [0.15, 0.2) is 45.7 Å². The van der Waals surface area contributed by atoms with Gasteiger partial charge in [0.1, 0.15) is 0 Å². The van der Waals surface area contributed by atoms with Gasteiger partial charge in [0.05, 0.1) is 27.7 Å². The average molecular weight is 560 g/mol. The van der Waals surface area contributed by atoms with E-state index in [0.29, 0.717) is 44.9 Å². The summed E-state index contributed by atoms with van der Waals surface area (Å²) in [5.41, 5.74) is 1.96. The van der Waals surface area contributed by atoms with Gasteiger partial charge < -0.3 is 24.5 Å². The molecule has 190 valence electrons. The van der Waals surface area contributed by atoms with Crippen LogP contribution in [0.2, 0.25) is 10.0 Å². The quantitative estimate of drug-likeness (QED) is 0.350. The molecule has 1 aliphatic heterocycles. The fraction of sp³-hybridized carbons (Fsp3) is 0.208. The standard InChI is InChI=1S/C24H19Cl2N5O5S/c1-11-7-15-18(10-30(11)21(32)12-3-6-16(25)17(26)8-12)28-23(37)31(22(15)33)13-4-5-14-19(9-13)36-29-20(14)35-24(34)27-2/h3-6,8-9,11H,7,10H2,1-2H3,(H,27,34)(H,28,37)/t11-/m1/s1. The van der Waals surface area contributed by atoms with Crippen LogP contribution in [0.25, 0.3) is 16.7 Å². The second-order valence-corrected chi connectivity index (χ2v) is 9.65. The number of fused-ring (bicyclic) bond motifs is 2. The molecule has 0 unspecified atom stereocenters. The molecule has 1 atom stereocenters. The highest BCUT2D eigenvalue weighted by molar-refractivity contribution is 7.71. The molecule has 2 aromatic heterocycles. The number of nitrogens with one attached hydrogen (secondary N) is 2. The summed E-state index contributed by atoms with van der Waals surface area (Å²) >= 11 is 17.6. The number of carbonyl (C=O) groups is 2. The van der Waals surface area contributed by atoms with Crippen molar-refractivity contribution in [2.75, 3.05) is 7.05 Å². The summed E-state index contributed by atoms with van der Waals surface area (Å²) in [5.74, 6) is -0.227. The van der Waals surface area contributed by atoms with E-state index in [9.17, 15) is 14.4 Å².